The molecule has 0 aliphatic carbocycles. The summed E-state index contributed by atoms with van der Waals surface area (Å²) in [6.45, 7) is 14.1. The van der Waals surface area contributed by atoms with Crippen molar-refractivity contribution < 1.29 is 19.0 Å². The van der Waals surface area contributed by atoms with E-state index in [1.54, 1.807) is 7.11 Å². The minimum atomic E-state index is 0.581. The van der Waals surface area contributed by atoms with E-state index in [1.165, 1.54) is 0 Å². The monoisotopic (exact) mass is 439 g/mol. The van der Waals surface area contributed by atoms with Crippen molar-refractivity contribution >= 4 is 5.71 Å². The quantitative estimate of drug-likeness (QED) is 0.164. The van der Waals surface area contributed by atoms with E-state index >= 15 is 0 Å². The second-order valence-electron chi connectivity index (χ2n) is 7.96. The van der Waals surface area contributed by atoms with E-state index in [1.807, 2.05) is 38.1 Å². The molecule has 2 aromatic carbocycles. The molecule has 32 heavy (non-hydrogen) atoms. The van der Waals surface area contributed by atoms with E-state index in [2.05, 4.69) is 45.0 Å². The van der Waals surface area contributed by atoms with Gasteiger partial charge in [0, 0.05) is 5.56 Å². The van der Waals surface area contributed by atoms with Crippen LogP contribution in [0, 0.1) is 27.7 Å². The molecule has 2 aromatic rings. The van der Waals surface area contributed by atoms with E-state index in [0.717, 1.165) is 63.6 Å². The third-order valence-electron chi connectivity index (χ3n) is 5.17. The van der Waals surface area contributed by atoms with Gasteiger partial charge in [0.2, 0.25) is 0 Å². The van der Waals surface area contributed by atoms with Gasteiger partial charge < -0.3 is 19.0 Å². The topological polar surface area (TPSA) is 49.3 Å². The fourth-order valence-electron chi connectivity index (χ4n) is 3.79. The average Bonchev–Trinajstić information content (AvgIpc) is 2.72. The number of hydrogen-bond acceptors (Lipinski definition) is 5. The van der Waals surface area contributed by atoms with E-state index in [9.17, 15) is 0 Å². The molecule has 0 fully saturated rings. The Labute approximate surface area is 193 Å². The number of ether oxygens (including phenoxy) is 3. The Morgan fingerprint density at radius 3 is 1.91 bits per heavy atom. The molecule has 0 atom stereocenters. The number of aryl methyl sites for hydroxylation is 4. The van der Waals surface area contributed by atoms with Crippen LogP contribution in [0.4, 0.5) is 0 Å². The van der Waals surface area contributed by atoms with Gasteiger partial charge in [0.15, 0.2) is 0 Å². The zero-order valence-corrected chi connectivity index (χ0v) is 20.6. The minimum absolute atomic E-state index is 0.581. The van der Waals surface area contributed by atoms with Gasteiger partial charge in [-0.15, -0.1) is 0 Å². The maximum atomic E-state index is 6.05. The highest BCUT2D eigenvalue weighted by atomic mass is 16.6. The molecular weight excluding hydrogens is 402 g/mol. The number of benzene rings is 2. The second kappa shape index (κ2) is 12.8. The van der Waals surface area contributed by atoms with Crippen LogP contribution in [0.15, 0.2) is 41.6 Å². The molecule has 174 valence electrons. The van der Waals surface area contributed by atoms with Gasteiger partial charge in [0.1, 0.15) is 31.0 Å². The predicted molar refractivity (Wildman–Crippen MR) is 132 cm³/mol. The lowest BCUT2D eigenvalue weighted by atomic mass is 9.99. The Bertz CT molecular complexity index is 901. The molecule has 0 bridgehead atoms. The highest BCUT2D eigenvalue weighted by molar-refractivity contribution is 6.01. The number of hydrogen-bond donors (Lipinski definition) is 0. The van der Waals surface area contributed by atoms with Crippen LogP contribution in [0.2, 0.25) is 0 Å². The highest BCUT2D eigenvalue weighted by Gasteiger charge is 2.10. The van der Waals surface area contributed by atoms with Gasteiger partial charge in [-0.3, -0.25) is 0 Å². The van der Waals surface area contributed by atoms with Crippen LogP contribution in [0.25, 0.3) is 0 Å². The van der Waals surface area contributed by atoms with Crippen LogP contribution in [0.1, 0.15) is 54.5 Å². The lowest BCUT2D eigenvalue weighted by molar-refractivity contribution is 0.213. The molecule has 0 radical (unpaired) electrons. The lowest BCUT2D eigenvalue weighted by Crippen LogP contribution is -2.06. The number of rotatable bonds is 12. The standard InChI is InChI=1S/C27H37NO4/c1-8-9-12-30-25-17-21(4)27(22(5)18-25)32-14-11-10-13-31-24-15-19(2)26(20(3)16-24)23(6)28-29-7/h8-9,15-18H,10-14H2,1-7H3/b9-8+,28-23+. The molecule has 0 saturated carbocycles. The summed E-state index contributed by atoms with van der Waals surface area (Å²) in [4.78, 5) is 4.91. The SMILES string of the molecule is C/C=C/COc1cc(C)c(OCCCCOc2cc(C)c(/C(C)=N/OC)c(C)c2)c(C)c1. The van der Waals surface area contributed by atoms with E-state index < -0.39 is 0 Å². The first-order valence-corrected chi connectivity index (χ1v) is 11.2. The van der Waals surface area contributed by atoms with Gasteiger partial charge in [0.05, 0.1) is 18.9 Å². The van der Waals surface area contributed by atoms with E-state index in [4.69, 9.17) is 19.0 Å². The maximum Gasteiger partial charge on any atom is 0.125 e. The van der Waals surface area contributed by atoms with Gasteiger partial charge in [-0.2, -0.15) is 0 Å². The molecule has 0 amide bonds. The van der Waals surface area contributed by atoms with Gasteiger partial charge in [0.25, 0.3) is 0 Å². The molecule has 5 heteroatoms. The van der Waals surface area contributed by atoms with Gasteiger partial charge in [-0.1, -0.05) is 17.3 Å². The summed E-state index contributed by atoms with van der Waals surface area (Å²) >= 11 is 0. The predicted octanol–water partition coefficient (Wildman–Crippen LogP) is 6.48. The summed E-state index contributed by atoms with van der Waals surface area (Å²) in [7, 11) is 1.56. The van der Waals surface area contributed by atoms with Crippen LogP contribution in [-0.4, -0.2) is 32.6 Å². The number of nitrogens with zero attached hydrogens (tertiary/aromatic N) is 1. The first-order chi connectivity index (χ1) is 15.4. The summed E-state index contributed by atoms with van der Waals surface area (Å²) < 4.78 is 17.8. The highest BCUT2D eigenvalue weighted by Crippen LogP contribution is 2.29. The second-order valence-corrected chi connectivity index (χ2v) is 7.96. The molecule has 5 nitrogen and oxygen atoms in total. The van der Waals surface area contributed by atoms with Crippen LogP contribution < -0.4 is 14.2 Å². The van der Waals surface area contributed by atoms with Gasteiger partial charge >= 0.3 is 0 Å². The number of allylic oxidation sites excluding steroid dienone is 1. The normalized spacial score (nSPS) is 11.7. The molecular formula is C27H37NO4. The zero-order valence-electron chi connectivity index (χ0n) is 20.6. The molecule has 0 spiro atoms. The Morgan fingerprint density at radius 2 is 1.34 bits per heavy atom. The molecule has 0 unspecified atom stereocenters. The third kappa shape index (κ3) is 7.33. The van der Waals surface area contributed by atoms with Crippen molar-refractivity contribution in [3.05, 3.63) is 64.2 Å². The third-order valence-corrected chi connectivity index (χ3v) is 5.17. The Hall–Kier alpha value is -2.95. The Balaban J connectivity index is 1.81. The van der Waals surface area contributed by atoms with Crippen molar-refractivity contribution in [2.75, 3.05) is 26.9 Å². The molecule has 0 aliphatic heterocycles. The minimum Gasteiger partial charge on any atom is -0.494 e. The van der Waals surface area contributed by atoms with Crippen molar-refractivity contribution in [1.29, 1.82) is 0 Å². The van der Waals surface area contributed by atoms with Crippen molar-refractivity contribution in [1.82, 2.24) is 0 Å². The average molecular weight is 440 g/mol. The van der Waals surface area contributed by atoms with Crippen LogP contribution in [0.3, 0.4) is 0 Å². The van der Waals surface area contributed by atoms with Crippen molar-refractivity contribution in [2.45, 2.75) is 54.4 Å². The molecule has 0 heterocycles. The summed E-state index contributed by atoms with van der Waals surface area (Å²) in [6.07, 6.45) is 5.82. The smallest absolute Gasteiger partial charge is 0.125 e. The molecule has 0 saturated heterocycles. The maximum absolute atomic E-state index is 6.05. The van der Waals surface area contributed by atoms with Crippen LogP contribution in [-0.2, 0) is 4.84 Å². The Morgan fingerprint density at radius 1 is 0.812 bits per heavy atom. The fourth-order valence-corrected chi connectivity index (χ4v) is 3.79. The zero-order chi connectivity index (χ0) is 23.5. The molecule has 2 rings (SSSR count). The largest absolute Gasteiger partial charge is 0.494 e. The molecule has 0 N–H and O–H groups in total. The lowest BCUT2D eigenvalue weighted by Gasteiger charge is -2.15. The fraction of sp³-hybridized carbons (Fsp3) is 0.444. The summed E-state index contributed by atoms with van der Waals surface area (Å²) in [5, 5.41) is 4.05. The van der Waals surface area contributed by atoms with E-state index in [-0.39, 0.29) is 0 Å². The van der Waals surface area contributed by atoms with Crippen LogP contribution >= 0.6 is 0 Å². The number of oxime groups is 1. The van der Waals surface area contributed by atoms with Gasteiger partial charge in [-0.25, -0.2) is 0 Å². The summed E-state index contributed by atoms with van der Waals surface area (Å²) in [6, 6.07) is 8.17. The van der Waals surface area contributed by atoms with Crippen LogP contribution in [0.5, 0.6) is 17.2 Å². The van der Waals surface area contributed by atoms with Gasteiger partial charge in [-0.05, 0) is 101 Å². The van der Waals surface area contributed by atoms with Crippen molar-refractivity contribution in [2.24, 2.45) is 5.16 Å². The Kier molecular flexibility index (Phi) is 10.1. The first kappa shape index (κ1) is 25.3. The summed E-state index contributed by atoms with van der Waals surface area (Å²) in [5.74, 6) is 2.70. The van der Waals surface area contributed by atoms with Crippen molar-refractivity contribution in [3.8, 4) is 17.2 Å². The number of unbranched alkanes of at least 4 members (excludes halogenated alkanes) is 1. The molecule has 0 aliphatic rings. The molecule has 0 aromatic heterocycles. The van der Waals surface area contributed by atoms with E-state index in [0.29, 0.717) is 19.8 Å². The van der Waals surface area contributed by atoms with Crippen molar-refractivity contribution in [3.63, 3.8) is 0 Å². The summed E-state index contributed by atoms with van der Waals surface area (Å²) in [5.41, 5.74) is 6.42. The first-order valence-electron chi connectivity index (χ1n) is 11.2.